The summed E-state index contributed by atoms with van der Waals surface area (Å²) < 4.78 is 10.9. The van der Waals surface area contributed by atoms with Crippen LogP contribution in [0, 0.1) is 0 Å². The van der Waals surface area contributed by atoms with Crippen LogP contribution in [-0.4, -0.2) is 16.1 Å². The van der Waals surface area contributed by atoms with Crippen molar-refractivity contribution in [1.82, 2.24) is 10.2 Å². The third-order valence-corrected chi connectivity index (χ3v) is 4.23. The Balaban J connectivity index is 1.62. The Kier molecular flexibility index (Phi) is 4.39. The molecule has 0 aliphatic rings. The maximum absolute atomic E-state index is 12.4. The Hall–Kier alpha value is -3.16. The van der Waals surface area contributed by atoms with Crippen LogP contribution < -0.4 is 10.7 Å². The second-order valence-corrected chi connectivity index (χ2v) is 6.31. The molecule has 27 heavy (non-hydrogen) atoms. The molecule has 0 atom stereocenters. The standard InChI is InChI=1S/C18H9Cl2N3O4/c19-9-5-6-12(20)11(7-9)17-22-23-18(27-17)21-16(25)15-8-13(24)10-3-1-2-4-14(10)26-15/h1-8H,(H,21,23,25). The molecule has 2 heterocycles. The third-order valence-electron chi connectivity index (χ3n) is 3.66. The molecule has 4 aromatic rings. The van der Waals surface area contributed by atoms with Crippen molar-refractivity contribution in [3.8, 4) is 11.5 Å². The van der Waals surface area contributed by atoms with Gasteiger partial charge in [-0.2, -0.15) is 0 Å². The van der Waals surface area contributed by atoms with E-state index in [-0.39, 0.29) is 23.1 Å². The summed E-state index contributed by atoms with van der Waals surface area (Å²) in [4.78, 5) is 24.5. The molecule has 1 amide bonds. The molecule has 0 spiro atoms. The SMILES string of the molecule is O=C(Nc1nnc(-c2cc(Cl)ccc2Cl)o1)c1cc(=O)c2ccccc2o1. The van der Waals surface area contributed by atoms with Crippen molar-refractivity contribution in [3.63, 3.8) is 0 Å². The van der Waals surface area contributed by atoms with E-state index in [1.54, 1.807) is 42.5 Å². The number of aromatic nitrogens is 2. The average molecular weight is 402 g/mol. The highest BCUT2D eigenvalue weighted by Crippen LogP contribution is 2.30. The first-order valence-electron chi connectivity index (χ1n) is 7.64. The van der Waals surface area contributed by atoms with Gasteiger partial charge in [-0.05, 0) is 30.3 Å². The van der Waals surface area contributed by atoms with E-state index >= 15 is 0 Å². The van der Waals surface area contributed by atoms with Gasteiger partial charge >= 0.3 is 6.01 Å². The van der Waals surface area contributed by atoms with E-state index < -0.39 is 5.91 Å². The van der Waals surface area contributed by atoms with Gasteiger partial charge < -0.3 is 8.83 Å². The van der Waals surface area contributed by atoms with E-state index in [9.17, 15) is 9.59 Å². The van der Waals surface area contributed by atoms with Gasteiger partial charge in [-0.3, -0.25) is 14.9 Å². The maximum atomic E-state index is 12.4. The number of para-hydroxylation sites is 1. The van der Waals surface area contributed by atoms with Crippen LogP contribution in [-0.2, 0) is 0 Å². The van der Waals surface area contributed by atoms with Crippen molar-refractivity contribution in [3.05, 3.63) is 74.6 Å². The predicted octanol–water partition coefficient (Wildman–Crippen LogP) is 4.40. The molecule has 7 nitrogen and oxygen atoms in total. The van der Waals surface area contributed by atoms with Crippen LogP contribution in [0.25, 0.3) is 22.4 Å². The minimum Gasteiger partial charge on any atom is -0.451 e. The quantitative estimate of drug-likeness (QED) is 0.546. The molecule has 2 aromatic carbocycles. The first kappa shape index (κ1) is 17.3. The van der Waals surface area contributed by atoms with Gasteiger partial charge in [-0.1, -0.05) is 40.4 Å². The fourth-order valence-corrected chi connectivity index (χ4v) is 2.79. The molecule has 0 unspecified atom stereocenters. The lowest BCUT2D eigenvalue weighted by atomic mass is 10.2. The molecule has 9 heteroatoms. The summed E-state index contributed by atoms with van der Waals surface area (Å²) in [6, 6.07) is 12.3. The molecular formula is C18H9Cl2N3O4. The minimum absolute atomic E-state index is 0.0813. The number of carbonyl (C=O) groups is 1. The molecule has 0 fully saturated rings. The third kappa shape index (κ3) is 3.42. The lowest BCUT2D eigenvalue weighted by Crippen LogP contribution is -2.15. The van der Waals surface area contributed by atoms with Gasteiger partial charge in [0.1, 0.15) is 5.58 Å². The average Bonchev–Trinajstić information content (AvgIpc) is 3.12. The lowest BCUT2D eigenvalue weighted by molar-refractivity contribution is 0.0994. The number of hydrogen-bond acceptors (Lipinski definition) is 6. The summed E-state index contributed by atoms with van der Waals surface area (Å²) in [7, 11) is 0. The Labute approximate surface area is 161 Å². The molecule has 0 aliphatic heterocycles. The number of benzene rings is 2. The number of nitrogens with one attached hydrogen (secondary N) is 1. The Morgan fingerprint density at radius 3 is 2.67 bits per heavy atom. The zero-order chi connectivity index (χ0) is 19.0. The fraction of sp³-hybridized carbons (Fsp3) is 0. The summed E-state index contributed by atoms with van der Waals surface area (Å²) in [5.41, 5.74) is 0.389. The van der Waals surface area contributed by atoms with E-state index in [0.29, 0.717) is 26.6 Å². The van der Waals surface area contributed by atoms with Gasteiger partial charge in [-0.15, -0.1) is 5.10 Å². The first-order chi connectivity index (χ1) is 13.0. The van der Waals surface area contributed by atoms with Gasteiger partial charge in [-0.25, -0.2) is 0 Å². The van der Waals surface area contributed by atoms with Crippen molar-refractivity contribution in [2.45, 2.75) is 0 Å². The van der Waals surface area contributed by atoms with Crippen molar-refractivity contribution in [2.75, 3.05) is 5.32 Å². The largest absolute Gasteiger partial charge is 0.451 e. The van der Waals surface area contributed by atoms with Gasteiger partial charge in [0, 0.05) is 11.1 Å². The Morgan fingerprint density at radius 1 is 1.00 bits per heavy atom. The molecule has 134 valence electrons. The van der Waals surface area contributed by atoms with Crippen molar-refractivity contribution < 1.29 is 13.6 Å². The number of hydrogen-bond donors (Lipinski definition) is 1. The number of halogens is 2. The molecule has 4 rings (SSSR count). The highest BCUT2D eigenvalue weighted by molar-refractivity contribution is 6.35. The zero-order valence-electron chi connectivity index (χ0n) is 13.4. The van der Waals surface area contributed by atoms with Crippen molar-refractivity contribution >= 4 is 46.1 Å². The molecule has 0 saturated heterocycles. The van der Waals surface area contributed by atoms with Crippen LogP contribution in [0.15, 0.2) is 62.2 Å². The summed E-state index contributed by atoms with van der Waals surface area (Å²) in [6.45, 7) is 0. The summed E-state index contributed by atoms with van der Waals surface area (Å²) >= 11 is 12.0. The normalized spacial score (nSPS) is 10.9. The van der Waals surface area contributed by atoms with E-state index in [1.807, 2.05) is 0 Å². The maximum Gasteiger partial charge on any atom is 0.322 e. The van der Waals surface area contributed by atoms with E-state index in [1.165, 1.54) is 0 Å². The van der Waals surface area contributed by atoms with Crippen LogP contribution in [0.1, 0.15) is 10.6 Å². The summed E-state index contributed by atoms with van der Waals surface area (Å²) in [5.74, 6) is -0.803. The van der Waals surface area contributed by atoms with Gasteiger partial charge in [0.2, 0.25) is 0 Å². The topological polar surface area (TPSA) is 98.2 Å². The van der Waals surface area contributed by atoms with E-state index in [0.717, 1.165) is 6.07 Å². The smallest absolute Gasteiger partial charge is 0.322 e. The second-order valence-electron chi connectivity index (χ2n) is 5.46. The zero-order valence-corrected chi connectivity index (χ0v) is 14.9. The summed E-state index contributed by atoms with van der Waals surface area (Å²) in [5, 5.41) is 11.1. The predicted molar refractivity (Wildman–Crippen MR) is 100 cm³/mol. The number of fused-ring (bicyclic) bond motifs is 1. The minimum atomic E-state index is -0.703. The second kappa shape index (κ2) is 6.86. The van der Waals surface area contributed by atoms with Crippen molar-refractivity contribution in [2.24, 2.45) is 0 Å². The molecule has 1 N–H and O–H groups in total. The van der Waals surface area contributed by atoms with Crippen LogP contribution in [0.3, 0.4) is 0 Å². The highest BCUT2D eigenvalue weighted by atomic mass is 35.5. The number of nitrogens with zero attached hydrogens (tertiary/aromatic N) is 2. The van der Waals surface area contributed by atoms with Crippen LogP contribution in [0.5, 0.6) is 0 Å². The molecule has 0 saturated carbocycles. The fourth-order valence-electron chi connectivity index (χ4n) is 2.42. The van der Waals surface area contributed by atoms with Gasteiger partial charge in [0.25, 0.3) is 11.8 Å². The number of rotatable bonds is 3. The van der Waals surface area contributed by atoms with Crippen molar-refractivity contribution in [1.29, 1.82) is 0 Å². The highest BCUT2D eigenvalue weighted by Gasteiger charge is 2.17. The number of amides is 1. The Morgan fingerprint density at radius 2 is 1.81 bits per heavy atom. The van der Waals surface area contributed by atoms with Crippen LogP contribution in [0.4, 0.5) is 6.01 Å². The lowest BCUT2D eigenvalue weighted by Gasteiger charge is -2.02. The monoisotopic (exact) mass is 401 g/mol. The molecular weight excluding hydrogens is 393 g/mol. The first-order valence-corrected chi connectivity index (χ1v) is 8.40. The van der Waals surface area contributed by atoms with Crippen LogP contribution in [0.2, 0.25) is 10.0 Å². The molecule has 0 radical (unpaired) electrons. The van der Waals surface area contributed by atoms with Crippen LogP contribution >= 0.6 is 23.2 Å². The Bertz CT molecular complexity index is 1230. The van der Waals surface area contributed by atoms with E-state index in [2.05, 4.69) is 15.5 Å². The van der Waals surface area contributed by atoms with Gasteiger partial charge in [0.15, 0.2) is 11.2 Å². The number of carbonyl (C=O) groups excluding carboxylic acids is 1. The molecule has 0 bridgehead atoms. The number of anilines is 1. The van der Waals surface area contributed by atoms with E-state index in [4.69, 9.17) is 32.0 Å². The van der Waals surface area contributed by atoms with Gasteiger partial charge in [0.05, 0.1) is 16.0 Å². The summed E-state index contributed by atoms with van der Waals surface area (Å²) in [6.07, 6.45) is 0. The molecule has 2 aromatic heterocycles. The molecule has 0 aliphatic carbocycles.